The third-order valence-corrected chi connectivity index (χ3v) is 3.81. The first-order valence-corrected chi connectivity index (χ1v) is 7.33. The van der Waals surface area contributed by atoms with Crippen LogP contribution in [-0.2, 0) is 11.5 Å². The van der Waals surface area contributed by atoms with Crippen molar-refractivity contribution < 1.29 is 26.3 Å². The quantitative estimate of drug-likeness (QED) is 0.520. The van der Waals surface area contributed by atoms with Gasteiger partial charge in [-0.3, -0.25) is 0 Å². The molecule has 1 nitrogen and oxygen atoms in total. The van der Waals surface area contributed by atoms with Crippen molar-refractivity contribution >= 4 is 21.6 Å². The molecule has 1 aliphatic carbocycles. The zero-order valence-corrected chi connectivity index (χ0v) is 12.3. The lowest BCUT2D eigenvalue weighted by Gasteiger charge is -2.29. The number of rotatable bonds is 4. The molecule has 1 fully saturated rings. The minimum atomic E-state index is -4.69. The first-order chi connectivity index (χ1) is 9.62. The van der Waals surface area contributed by atoms with E-state index in [1.165, 1.54) is 6.07 Å². The van der Waals surface area contributed by atoms with Crippen molar-refractivity contribution in [1.29, 1.82) is 0 Å². The molecule has 21 heavy (non-hydrogen) atoms. The molecule has 0 aliphatic heterocycles. The van der Waals surface area contributed by atoms with Gasteiger partial charge < -0.3 is 4.90 Å². The summed E-state index contributed by atoms with van der Waals surface area (Å²) in [5.41, 5.74) is -1.04. The van der Waals surface area contributed by atoms with E-state index in [2.05, 4.69) is 15.9 Å². The van der Waals surface area contributed by atoms with Crippen LogP contribution in [0.1, 0.15) is 24.0 Å². The lowest BCUT2D eigenvalue weighted by molar-refractivity contribution is -0.138. The zero-order chi connectivity index (χ0) is 15.8. The van der Waals surface area contributed by atoms with Crippen LogP contribution in [0.25, 0.3) is 0 Å². The molecule has 1 aromatic carbocycles. The van der Waals surface area contributed by atoms with Crippen molar-refractivity contribution in [3.05, 3.63) is 29.3 Å². The van der Waals surface area contributed by atoms with Gasteiger partial charge in [-0.1, -0.05) is 22.0 Å². The van der Waals surface area contributed by atoms with Crippen LogP contribution >= 0.6 is 15.9 Å². The van der Waals surface area contributed by atoms with Gasteiger partial charge >= 0.3 is 12.4 Å². The Morgan fingerprint density at radius 1 is 1.10 bits per heavy atom. The Morgan fingerprint density at radius 3 is 2.14 bits per heavy atom. The van der Waals surface area contributed by atoms with E-state index >= 15 is 0 Å². The van der Waals surface area contributed by atoms with Crippen LogP contribution < -0.4 is 4.90 Å². The molecule has 1 saturated carbocycles. The van der Waals surface area contributed by atoms with E-state index in [0.717, 1.165) is 17.0 Å². The molecule has 0 amide bonds. The normalized spacial score (nSPS) is 16.1. The van der Waals surface area contributed by atoms with E-state index in [-0.39, 0.29) is 5.33 Å². The Balaban J connectivity index is 2.44. The summed E-state index contributed by atoms with van der Waals surface area (Å²) in [5.74, 6) is 0. The third kappa shape index (κ3) is 4.28. The molecular formula is C13H12BrF6N. The summed E-state index contributed by atoms with van der Waals surface area (Å²) in [7, 11) is 0. The summed E-state index contributed by atoms with van der Waals surface area (Å²) in [6.07, 6.45) is -8.27. The van der Waals surface area contributed by atoms with Gasteiger partial charge in [-0.05, 0) is 30.5 Å². The molecular weight excluding hydrogens is 364 g/mol. The highest BCUT2D eigenvalue weighted by molar-refractivity contribution is 9.08. The first-order valence-electron chi connectivity index (χ1n) is 6.21. The zero-order valence-electron chi connectivity index (χ0n) is 10.7. The lowest BCUT2D eigenvalue weighted by atomic mass is 10.1. The van der Waals surface area contributed by atoms with Gasteiger partial charge in [-0.15, -0.1) is 0 Å². The van der Waals surface area contributed by atoms with E-state index in [1.54, 1.807) is 0 Å². The lowest BCUT2D eigenvalue weighted by Crippen LogP contribution is -2.37. The highest BCUT2D eigenvalue weighted by Gasteiger charge is 2.42. The van der Waals surface area contributed by atoms with Crippen LogP contribution in [-0.4, -0.2) is 18.8 Å². The van der Waals surface area contributed by atoms with E-state index in [1.807, 2.05) is 0 Å². The molecule has 0 aromatic heterocycles. The predicted octanol–water partition coefficient (Wildman–Crippen LogP) is 5.13. The van der Waals surface area contributed by atoms with E-state index in [4.69, 9.17) is 0 Å². The monoisotopic (exact) mass is 375 g/mol. The summed E-state index contributed by atoms with van der Waals surface area (Å²) < 4.78 is 77.2. The van der Waals surface area contributed by atoms with Crippen LogP contribution in [0.2, 0.25) is 0 Å². The SMILES string of the molecule is FC(F)(F)CN(c1ccc(CBr)cc1C(F)(F)F)C1CC1. The standard InChI is InChI=1S/C13H12BrF6N/c14-6-8-1-4-11(10(5-8)13(18,19)20)21(9-2-3-9)7-12(15,16)17/h1,4-5,9H,2-3,6-7H2. The van der Waals surface area contributed by atoms with Crippen molar-refractivity contribution in [2.75, 3.05) is 11.4 Å². The molecule has 2 rings (SSSR count). The van der Waals surface area contributed by atoms with Gasteiger partial charge in [0.25, 0.3) is 0 Å². The van der Waals surface area contributed by atoms with E-state index in [9.17, 15) is 26.3 Å². The smallest absolute Gasteiger partial charge is 0.359 e. The van der Waals surface area contributed by atoms with Crippen LogP contribution in [0, 0.1) is 0 Å². The summed E-state index contributed by atoms with van der Waals surface area (Å²) in [5, 5.41) is 0.207. The number of hydrogen-bond donors (Lipinski definition) is 0. The number of hydrogen-bond acceptors (Lipinski definition) is 1. The summed E-state index contributed by atoms with van der Waals surface area (Å²) in [6.45, 7) is -1.37. The molecule has 0 N–H and O–H groups in total. The van der Waals surface area contributed by atoms with Gasteiger partial charge in [-0.25, -0.2) is 0 Å². The van der Waals surface area contributed by atoms with Crippen molar-refractivity contribution in [1.82, 2.24) is 0 Å². The molecule has 0 radical (unpaired) electrons. The highest BCUT2D eigenvalue weighted by Crippen LogP contribution is 2.42. The molecule has 0 saturated heterocycles. The molecule has 118 valence electrons. The van der Waals surface area contributed by atoms with Gasteiger partial charge in [0.15, 0.2) is 0 Å². The Labute approximate surface area is 126 Å². The summed E-state index contributed by atoms with van der Waals surface area (Å²) in [6, 6.07) is 2.97. The Kier molecular flexibility index (Phi) is 4.46. The maximum atomic E-state index is 13.1. The van der Waals surface area contributed by atoms with Crippen molar-refractivity contribution in [2.24, 2.45) is 0 Å². The van der Waals surface area contributed by atoms with Crippen molar-refractivity contribution in [2.45, 2.75) is 36.6 Å². The summed E-state index contributed by atoms with van der Waals surface area (Å²) in [4.78, 5) is 0.820. The maximum Gasteiger partial charge on any atom is 0.418 e. The molecule has 1 aliphatic rings. The molecule has 1 aromatic rings. The van der Waals surface area contributed by atoms with Gasteiger partial charge in [0.05, 0.1) is 5.56 Å². The van der Waals surface area contributed by atoms with Gasteiger partial charge in [0, 0.05) is 17.1 Å². The van der Waals surface area contributed by atoms with Crippen molar-refractivity contribution in [3.8, 4) is 0 Å². The summed E-state index contributed by atoms with van der Waals surface area (Å²) >= 11 is 3.05. The van der Waals surface area contributed by atoms with Crippen LogP contribution in [0.3, 0.4) is 0 Å². The van der Waals surface area contributed by atoms with Gasteiger partial charge in [0.2, 0.25) is 0 Å². The number of nitrogens with zero attached hydrogens (tertiary/aromatic N) is 1. The minimum absolute atomic E-state index is 0.207. The minimum Gasteiger partial charge on any atom is -0.359 e. The average molecular weight is 376 g/mol. The predicted molar refractivity (Wildman–Crippen MR) is 70.5 cm³/mol. The topological polar surface area (TPSA) is 3.24 Å². The second kappa shape index (κ2) is 5.70. The second-order valence-electron chi connectivity index (χ2n) is 4.96. The largest absolute Gasteiger partial charge is 0.418 e. The fourth-order valence-electron chi connectivity index (χ4n) is 2.13. The molecule has 0 bridgehead atoms. The van der Waals surface area contributed by atoms with E-state index in [0.29, 0.717) is 18.4 Å². The fraction of sp³-hybridized carbons (Fsp3) is 0.538. The third-order valence-electron chi connectivity index (χ3n) is 3.17. The molecule has 0 atom stereocenters. The molecule has 0 heterocycles. The van der Waals surface area contributed by atoms with Crippen LogP contribution in [0.5, 0.6) is 0 Å². The van der Waals surface area contributed by atoms with Crippen molar-refractivity contribution in [3.63, 3.8) is 0 Å². The second-order valence-corrected chi connectivity index (χ2v) is 5.52. The number of halogens is 7. The Hall–Kier alpha value is -0.920. The Bertz CT molecular complexity index is 506. The number of benzene rings is 1. The molecule has 8 heteroatoms. The highest BCUT2D eigenvalue weighted by atomic mass is 79.9. The average Bonchev–Trinajstić information content (AvgIpc) is 3.17. The fourth-order valence-corrected chi connectivity index (χ4v) is 2.48. The van der Waals surface area contributed by atoms with E-state index < -0.39 is 36.2 Å². The molecule has 0 unspecified atom stereocenters. The van der Waals surface area contributed by atoms with Crippen LogP contribution in [0.4, 0.5) is 32.0 Å². The van der Waals surface area contributed by atoms with Gasteiger partial charge in [-0.2, -0.15) is 26.3 Å². The maximum absolute atomic E-state index is 13.1. The number of alkyl halides is 7. The Morgan fingerprint density at radius 2 is 1.71 bits per heavy atom. The molecule has 0 spiro atoms. The van der Waals surface area contributed by atoms with Crippen LogP contribution in [0.15, 0.2) is 18.2 Å². The first kappa shape index (κ1) is 16.5. The number of anilines is 1. The van der Waals surface area contributed by atoms with Gasteiger partial charge in [0.1, 0.15) is 6.54 Å².